The van der Waals surface area contributed by atoms with Crippen LogP contribution < -0.4 is 11.1 Å². The van der Waals surface area contributed by atoms with Gasteiger partial charge < -0.3 is 15.8 Å². The van der Waals surface area contributed by atoms with Crippen LogP contribution in [-0.4, -0.2) is 30.8 Å². The van der Waals surface area contributed by atoms with Gasteiger partial charge in [0.25, 0.3) is 0 Å². The predicted octanol–water partition coefficient (Wildman–Crippen LogP) is 0.652. The smallest absolute Gasteiger partial charge is 0.188 e. The lowest BCUT2D eigenvalue weighted by Crippen LogP contribution is -2.49. The molecule has 3 unspecified atom stereocenters. The van der Waals surface area contributed by atoms with Crippen molar-refractivity contribution in [1.82, 2.24) is 5.32 Å². The van der Waals surface area contributed by atoms with Crippen molar-refractivity contribution in [3.05, 3.63) is 0 Å². The normalized spacial score (nSPS) is 36.9. The first-order valence-corrected chi connectivity index (χ1v) is 4.97. The molecule has 5 heteroatoms. The molecule has 1 saturated heterocycles. The lowest BCUT2D eigenvalue weighted by Gasteiger charge is -2.27. The molecule has 4 nitrogen and oxygen atoms in total. The van der Waals surface area contributed by atoms with Crippen LogP contribution in [0.5, 0.6) is 0 Å². The van der Waals surface area contributed by atoms with Gasteiger partial charge in [0.1, 0.15) is 0 Å². The number of ether oxygens (including phenoxy) is 1. The van der Waals surface area contributed by atoms with E-state index in [0.717, 1.165) is 19.4 Å². The predicted molar refractivity (Wildman–Crippen MR) is 58.8 cm³/mol. The Bertz CT molecular complexity index is 222. The minimum atomic E-state index is 0. The van der Waals surface area contributed by atoms with Gasteiger partial charge in [-0.15, -0.1) is 12.4 Å². The van der Waals surface area contributed by atoms with Crippen LogP contribution in [0.3, 0.4) is 0 Å². The molecular formula is C9H18ClN3O. The van der Waals surface area contributed by atoms with Crippen molar-refractivity contribution in [1.29, 1.82) is 0 Å². The van der Waals surface area contributed by atoms with Crippen LogP contribution >= 0.6 is 12.4 Å². The Morgan fingerprint density at radius 2 is 2.21 bits per heavy atom. The molecule has 82 valence electrons. The number of nitrogens with zero attached hydrogens (tertiary/aromatic N) is 1. The van der Waals surface area contributed by atoms with Crippen molar-refractivity contribution < 1.29 is 4.74 Å². The van der Waals surface area contributed by atoms with Crippen molar-refractivity contribution in [3.63, 3.8) is 0 Å². The summed E-state index contributed by atoms with van der Waals surface area (Å²) in [6, 6.07) is 0.377. The fourth-order valence-electron chi connectivity index (χ4n) is 2.04. The highest BCUT2D eigenvalue weighted by molar-refractivity contribution is 5.85. The number of hydrogen-bond acceptors (Lipinski definition) is 4. The number of aliphatic imine (C=N–C) groups is 1. The van der Waals surface area contributed by atoms with Crippen molar-refractivity contribution in [3.8, 4) is 0 Å². The van der Waals surface area contributed by atoms with Crippen molar-refractivity contribution in [2.45, 2.75) is 44.4 Å². The lowest BCUT2D eigenvalue weighted by molar-refractivity contribution is 0.0338. The van der Waals surface area contributed by atoms with Crippen molar-refractivity contribution >= 4 is 18.4 Å². The Hall–Kier alpha value is -0.480. The van der Waals surface area contributed by atoms with Gasteiger partial charge in [0.15, 0.2) is 5.96 Å². The average Bonchev–Trinajstić information content (AvgIpc) is 2.52. The molecule has 0 saturated carbocycles. The summed E-state index contributed by atoms with van der Waals surface area (Å²) in [6.45, 7) is 2.96. The monoisotopic (exact) mass is 219 g/mol. The zero-order valence-corrected chi connectivity index (χ0v) is 9.22. The molecule has 0 aromatic heterocycles. The highest BCUT2D eigenvalue weighted by Gasteiger charge is 2.30. The van der Waals surface area contributed by atoms with Crippen molar-refractivity contribution in [2.75, 3.05) is 6.54 Å². The summed E-state index contributed by atoms with van der Waals surface area (Å²) in [5.74, 6) is 0.569. The number of nitrogens with two attached hydrogens (primary N) is 1. The molecule has 2 heterocycles. The third-order valence-electron chi connectivity index (χ3n) is 2.77. The Morgan fingerprint density at radius 3 is 2.79 bits per heavy atom. The van der Waals surface area contributed by atoms with E-state index in [1.165, 1.54) is 6.42 Å². The summed E-state index contributed by atoms with van der Waals surface area (Å²) in [7, 11) is 0. The quantitative estimate of drug-likeness (QED) is 0.681. The number of nitrogens with one attached hydrogen (secondary N) is 1. The molecule has 2 aliphatic heterocycles. The van der Waals surface area contributed by atoms with Crippen molar-refractivity contribution in [2.24, 2.45) is 10.7 Å². The molecule has 0 amide bonds. The van der Waals surface area contributed by atoms with Gasteiger partial charge in [-0.2, -0.15) is 0 Å². The molecule has 0 aromatic carbocycles. The zero-order valence-electron chi connectivity index (χ0n) is 8.40. The third-order valence-corrected chi connectivity index (χ3v) is 2.77. The standard InChI is InChI=1S/C9H17N3O.ClH/c1-6-2-3-8(13-6)7-4-5-11-9(10)12-7;/h6-8H,2-5H2,1H3,(H3,10,11,12);1H. The first kappa shape index (κ1) is 11.6. The second kappa shape index (κ2) is 4.84. The van der Waals surface area contributed by atoms with Gasteiger partial charge >= 0.3 is 0 Å². The molecule has 2 aliphatic rings. The Balaban J connectivity index is 0.000000980. The van der Waals surface area contributed by atoms with Gasteiger partial charge in [0.05, 0.1) is 18.2 Å². The molecular weight excluding hydrogens is 202 g/mol. The van der Waals surface area contributed by atoms with Crippen LogP contribution in [-0.2, 0) is 4.74 Å². The van der Waals surface area contributed by atoms with Gasteiger partial charge in [0, 0.05) is 6.54 Å². The van der Waals surface area contributed by atoms with E-state index >= 15 is 0 Å². The molecule has 14 heavy (non-hydrogen) atoms. The summed E-state index contributed by atoms with van der Waals surface area (Å²) < 4.78 is 5.78. The highest BCUT2D eigenvalue weighted by atomic mass is 35.5. The molecule has 0 spiro atoms. The van der Waals surface area contributed by atoms with E-state index in [4.69, 9.17) is 10.5 Å². The van der Waals surface area contributed by atoms with Crippen LogP contribution in [0.25, 0.3) is 0 Å². The third kappa shape index (κ3) is 2.51. The Labute approximate surface area is 90.7 Å². The maximum absolute atomic E-state index is 5.78. The SMILES string of the molecule is CC1CCC(C2CCN=C(N)N2)O1.Cl. The van der Waals surface area contributed by atoms with Gasteiger partial charge in [-0.05, 0) is 26.2 Å². The average molecular weight is 220 g/mol. The highest BCUT2D eigenvalue weighted by Crippen LogP contribution is 2.23. The van der Waals surface area contributed by atoms with Gasteiger partial charge in [-0.1, -0.05) is 0 Å². The summed E-state index contributed by atoms with van der Waals surface area (Å²) >= 11 is 0. The molecule has 0 radical (unpaired) electrons. The molecule has 3 N–H and O–H groups in total. The van der Waals surface area contributed by atoms with E-state index < -0.39 is 0 Å². The van der Waals surface area contributed by atoms with E-state index in [2.05, 4.69) is 17.2 Å². The second-order valence-electron chi connectivity index (χ2n) is 3.87. The van der Waals surface area contributed by atoms with Gasteiger partial charge in [-0.25, -0.2) is 0 Å². The lowest BCUT2D eigenvalue weighted by atomic mass is 10.0. The summed E-state index contributed by atoms with van der Waals surface area (Å²) in [5.41, 5.74) is 5.61. The van der Waals surface area contributed by atoms with Crippen LogP contribution in [0.15, 0.2) is 4.99 Å². The van der Waals surface area contributed by atoms with E-state index in [1.807, 2.05) is 0 Å². The zero-order chi connectivity index (χ0) is 9.26. The molecule has 3 atom stereocenters. The number of rotatable bonds is 1. The minimum absolute atomic E-state index is 0. The number of guanidine groups is 1. The van der Waals surface area contributed by atoms with Gasteiger partial charge in [-0.3, -0.25) is 4.99 Å². The largest absolute Gasteiger partial charge is 0.373 e. The van der Waals surface area contributed by atoms with Crippen LogP contribution in [0, 0.1) is 0 Å². The fraction of sp³-hybridized carbons (Fsp3) is 0.889. The van der Waals surface area contributed by atoms with Crippen LogP contribution in [0.4, 0.5) is 0 Å². The van der Waals surface area contributed by atoms with E-state index in [-0.39, 0.29) is 12.4 Å². The van der Waals surface area contributed by atoms with E-state index in [9.17, 15) is 0 Å². The first-order chi connectivity index (χ1) is 6.25. The summed E-state index contributed by atoms with van der Waals surface area (Å²) in [4.78, 5) is 4.10. The Morgan fingerprint density at radius 1 is 1.43 bits per heavy atom. The van der Waals surface area contributed by atoms with Crippen LogP contribution in [0.2, 0.25) is 0 Å². The summed E-state index contributed by atoms with van der Waals surface area (Å²) in [5, 5.41) is 3.18. The number of hydrogen-bond donors (Lipinski definition) is 2. The fourth-order valence-corrected chi connectivity index (χ4v) is 2.04. The van der Waals surface area contributed by atoms with Gasteiger partial charge in [0.2, 0.25) is 0 Å². The topological polar surface area (TPSA) is 59.6 Å². The molecule has 0 aliphatic carbocycles. The first-order valence-electron chi connectivity index (χ1n) is 4.97. The molecule has 1 fully saturated rings. The minimum Gasteiger partial charge on any atom is -0.373 e. The van der Waals surface area contributed by atoms with Crippen LogP contribution in [0.1, 0.15) is 26.2 Å². The summed E-state index contributed by atoms with van der Waals surface area (Å²) in [6.07, 6.45) is 4.10. The van der Waals surface area contributed by atoms with E-state index in [0.29, 0.717) is 24.2 Å². The maximum atomic E-state index is 5.78. The Kier molecular flexibility index (Phi) is 4.01. The maximum Gasteiger partial charge on any atom is 0.188 e. The van der Waals surface area contributed by atoms with E-state index in [1.54, 1.807) is 0 Å². The second-order valence-corrected chi connectivity index (χ2v) is 3.87. The molecule has 2 rings (SSSR count). The molecule has 0 bridgehead atoms. The molecule has 0 aromatic rings. The number of halogens is 1.